The van der Waals surface area contributed by atoms with Crippen LogP contribution in [0.2, 0.25) is 0 Å². The van der Waals surface area contributed by atoms with Crippen molar-refractivity contribution in [3.05, 3.63) is 6.92 Å². The predicted octanol–water partition coefficient (Wildman–Crippen LogP) is 4.65. The molecule has 0 aromatic heterocycles. The summed E-state index contributed by atoms with van der Waals surface area (Å²) in [5.74, 6) is 2.91. The Balaban J connectivity index is 0.000000600. The molecule has 6 unspecified atom stereocenters. The molecule has 2 N–H and O–H groups in total. The molecule has 159 valence electrons. The molecule has 4 nitrogen and oxygen atoms in total. The van der Waals surface area contributed by atoms with E-state index in [9.17, 15) is 9.90 Å². The molecule has 0 aromatic carbocycles. The fourth-order valence-electron chi connectivity index (χ4n) is 7.02. The maximum absolute atomic E-state index is 13.0. The van der Waals surface area contributed by atoms with Crippen LogP contribution < -0.4 is 0 Å². The quantitative estimate of drug-likeness (QED) is 0.509. The summed E-state index contributed by atoms with van der Waals surface area (Å²) in [6.45, 7) is 13.8. The fourth-order valence-corrected chi connectivity index (χ4v) is 7.02. The first kappa shape index (κ1) is 26.2. The second-order valence-corrected chi connectivity index (χ2v) is 9.45. The van der Waals surface area contributed by atoms with Gasteiger partial charge < -0.3 is 21.9 Å². The zero-order valence-electron chi connectivity index (χ0n) is 18.1. The Morgan fingerprint density at radius 2 is 1.57 bits per heavy atom. The van der Waals surface area contributed by atoms with Gasteiger partial charge in [-0.3, -0.25) is 4.79 Å². The molecule has 4 saturated carbocycles. The average molecular weight is 467 g/mol. The van der Waals surface area contributed by atoms with Gasteiger partial charge in [0.1, 0.15) is 5.78 Å². The van der Waals surface area contributed by atoms with E-state index in [4.69, 9.17) is 9.90 Å². The van der Waals surface area contributed by atoms with E-state index in [0.29, 0.717) is 52.7 Å². The number of Topliss-reactive ketones (excluding diaryl/α,β-unsaturated/α-hetero) is 1. The van der Waals surface area contributed by atoms with Crippen LogP contribution >= 0.6 is 0 Å². The molecule has 4 aliphatic carbocycles. The molecule has 4 fully saturated rings. The molecule has 0 bridgehead atoms. The van der Waals surface area contributed by atoms with Gasteiger partial charge in [0.05, 0.1) is 6.10 Å². The molecule has 4 aliphatic rings. The monoisotopic (exact) mass is 467 g/mol. The Labute approximate surface area is 196 Å². The first-order chi connectivity index (χ1) is 12.8. The van der Waals surface area contributed by atoms with E-state index in [-0.39, 0.29) is 38.8 Å². The summed E-state index contributed by atoms with van der Waals surface area (Å²) in [6.07, 6.45) is 8.33. The normalized spacial score (nSPS) is 46.1. The molecule has 4 rings (SSSR count). The number of hydrogen-bond acceptors (Lipinski definition) is 3. The predicted molar refractivity (Wildman–Crippen MR) is 107 cm³/mol. The van der Waals surface area contributed by atoms with Gasteiger partial charge in [-0.15, -0.1) is 0 Å². The Morgan fingerprint density at radius 1 is 1.04 bits per heavy atom. The second kappa shape index (κ2) is 10.5. The zero-order chi connectivity index (χ0) is 20.4. The standard InChI is InChI=1S/C20H31O2.C2H6.CHO2.Y/c1-12-4-5-15-18-16(7-9-19(12,15)2)20(3)8-6-14(21)10-13(20)11-17(18)22;1-2;2-1-3;/h12-16,18,21H,1,4-11H2,2-3H3;1-2H3;(H,2,3);/q-1;;-1;/t12-,13?,14+,15?,16?,18?,19?,20?;;;/m0.../s1. The topological polar surface area (TPSA) is 74.6 Å². The van der Waals surface area contributed by atoms with E-state index in [1.807, 2.05) is 13.8 Å². The maximum Gasteiger partial charge on any atom is 0.136 e. The third kappa shape index (κ3) is 4.44. The van der Waals surface area contributed by atoms with Gasteiger partial charge in [0.2, 0.25) is 0 Å². The summed E-state index contributed by atoms with van der Waals surface area (Å²) in [5, 5.41) is 16.8. The van der Waals surface area contributed by atoms with Crippen molar-refractivity contribution >= 4 is 12.3 Å². The van der Waals surface area contributed by atoms with E-state index in [2.05, 4.69) is 20.8 Å². The number of carbonyl (C=O) groups is 1. The van der Waals surface area contributed by atoms with Crippen molar-refractivity contribution in [2.24, 2.45) is 40.4 Å². The second-order valence-electron chi connectivity index (χ2n) is 9.45. The number of carbonyl (C=O) groups excluding carboxylic acids is 1. The van der Waals surface area contributed by atoms with Crippen molar-refractivity contribution in [1.82, 2.24) is 0 Å². The molecule has 0 saturated heterocycles. The molecule has 1 radical (unpaired) electrons. The summed E-state index contributed by atoms with van der Waals surface area (Å²) >= 11 is 0. The van der Waals surface area contributed by atoms with Crippen LogP contribution in [0.1, 0.15) is 79.1 Å². The van der Waals surface area contributed by atoms with Crippen LogP contribution in [0.4, 0.5) is 0 Å². The Kier molecular flexibility index (Phi) is 9.83. The number of ketones is 1. The summed E-state index contributed by atoms with van der Waals surface area (Å²) in [7, 11) is 0. The van der Waals surface area contributed by atoms with Gasteiger partial charge in [-0.1, -0.05) is 52.4 Å². The van der Waals surface area contributed by atoms with Crippen molar-refractivity contribution in [1.29, 1.82) is 0 Å². The Hall–Kier alpha value is 0.204. The van der Waals surface area contributed by atoms with Crippen molar-refractivity contribution in [2.75, 3.05) is 0 Å². The number of rotatable bonds is 0. The molecule has 8 atom stereocenters. The van der Waals surface area contributed by atoms with Crippen LogP contribution in [0.25, 0.3) is 0 Å². The molecule has 0 heterocycles. The van der Waals surface area contributed by atoms with Crippen LogP contribution in [-0.2, 0) is 42.3 Å². The fraction of sp³-hybridized carbons (Fsp3) is 0.870. The first-order valence-corrected chi connectivity index (χ1v) is 10.8. The third-order valence-corrected chi connectivity index (χ3v) is 8.64. The minimum Gasteiger partial charge on any atom is -0.665 e. The van der Waals surface area contributed by atoms with Gasteiger partial charge >= 0.3 is 0 Å². The largest absolute Gasteiger partial charge is 0.665 e. The third-order valence-electron chi connectivity index (χ3n) is 8.64. The number of hydrogen-bond donors (Lipinski definition) is 2. The number of fused-ring (bicyclic) bond motifs is 5. The zero-order valence-corrected chi connectivity index (χ0v) is 21.0. The summed E-state index contributed by atoms with van der Waals surface area (Å²) in [6, 6.07) is 0. The number of aliphatic hydroxyl groups is 1. The van der Waals surface area contributed by atoms with E-state index >= 15 is 0 Å². The van der Waals surface area contributed by atoms with Gasteiger partial charge in [-0.25, -0.2) is 0 Å². The van der Waals surface area contributed by atoms with Gasteiger partial charge in [0, 0.05) is 45.0 Å². The van der Waals surface area contributed by atoms with E-state index in [0.717, 1.165) is 25.7 Å². The molecule has 0 spiro atoms. The summed E-state index contributed by atoms with van der Waals surface area (Å²) < 4.78 is 0. The molecule has 0 aromatic rings. The van der Waals surface area contributed by atoms with Crippen molar-refractivity contribution in [3.8, 4) is 0 Å². The van der Waals surface area contributed by atoms with Crippen LogP contribution in [0.3, 0.4) is 0 Å². The maximum atomic E-state index is 13.0. The first-order valence-electron chi connectivity index (χ1n) is 10.8. The number of aliphatic hydroxyl groups excluding tert-OH is 2. The van der Waals surface area contributed by atoms with Crippen molar-refractivity contribution < 1.29 is 52.5 Å². The van der Waals surface area contributed by atoms with Gasteiger partial charge in [-0.2, -0.15) is 5.92 Å². The van der Waals surface area contributed by atoms with Crippen LogP contribution in [0.15, 0.2) is 0 Å². The van der Waals surface area contributed by atoms with E-state index in [1.165, 1.54) is 25.7 Å². The SMILES string of the molecule is CC.O=[C-]O.[CH2-][C@H]1CCC2C3C(=O)CC4C[C@H](O)CCC4(C)C3CCC21C.[Y]. The molecule has 0 amide bonds. The molecular formula is C23H38O4Y-2. The molecule has 5 heteroatoms. The van der Waals surface area contributed by atoms with E-state index in [1.54, 1.807) is 0 Å². The van der Waals surface area contributed by atoms with E-state index < -0.39 is 0 Å². The van der Waals surface area contributed by atoms with Gasteiger partial charge in [0.25, 0.3) is 0 Å². The minimum absolute atomic E-state index is 0. The van der Waals surface area contributed by atoms with Crippen LogP contribution in [0, 0.1) is 47.3 Å². The minimum atomic E-state index is -0.174. The Morgan fingerprint density at radius 3 is 2.18 bits per heavy atom. The molecular weight excluding hydrogens is 429 g/mol. The van der Waals surface area contributed by atoms with Crippen LogP contribution in [0.5, 0.6) is 0 Å². The average Bonchev–Trinajstić information content (AvgIpc) is 2.94. The summed E-state index contributed by atoms with van der Waals surface area (Å²) in [5.41, 5.74) is 0.590. The van der Waals surface area contributed by atoms with Gasteiger partial charge in [-0.05, 0) is 55.3 Å². The van der Waals surface area contributed by atoms with Gasteiger partial charge in [0.15, 0.2) is 0 Å². The molecule has 28 heavy (non-hydrogen) atoms. The van der Waals surface area contributed by atoms with Crippen LogP contribution in [-0.4, -0.2) is 28.6 Å². The summed E-state index contributed by atoms with van der Waals surface area (Å²) in [4.78, 5) is 21.3. The van der Waals surface area contributed by atoms with Crippen molar-refractivity contribution in [3.63, 3.8) is 0 Å². The Bertz CT molecular complexity index is 539. The molecule has 0 aliphatic heterocycles. The smallest absolute Gasteiger partial charge is 0.136 e. The van der Waals surface area contributed by atoms with Crippen molar-refractivity contribution in [2.45, 2.75) is 85.2 Å².